The van der Waals surface area contributed by atoms with Crippen LogP contribution in [-0.2, 0) is 6.18 Å². The molecule has 0 amide bonds. The number of alkyl halides is 3. The zero-order chi connectivity index (χ0) is 15.6. The van der Waals surface area contributed by atoms with Gasteiger partial charge >= 0.3 is 6.18 Å². The highest BCUT2D eigenvalue weighted by Gasteiger charge is 2.32. The molecule has 1 aromatic carbocycles. The van der Waals surface area contributed by atoms with Crippen molar-refractivity contribution in [2.45, 2.75) is 6.18 Å². The van der Waals surface area contributed by atoms with E-state index in [1.54, 1.807) is 0 Å². The number of hydrogen-bond donors (Lipinski definition) is 1. The maximum absolute atomic E-state index is 12.4. The minimum atomic E-state index is -4.49. The molecule has 0 atom stereocenters. The van der Waals surface area contributed by atoms with E-state index in [0.717, 1.165) is 12.3 Å². The third-order valence-corrected chi connectivity index (χ3v) is 3.15. The quantitative estimate of drug-likeness (QED) is 0.644. The van der Waals surface area contributed by atoms with Gasteiger partial charge in [0.25, 0.3) is 5.69 Å². The van der Waals surface area contributed by atoms with E-state index in [1.807, 2.05) is 0 Å². The Balaban J connectivity index is 2.20. The highest BCUT2D eigenvalue weighted by molar-refractivity contribution is 9.10. The number of nitro benzene ring substituents is 1. The first-order valence-corrected chi connectivity index (χ1v) is 6.31. The van der Waals surface area contributed by atoms with Gasteiger partial charge in [0.05, 0.1) is 22.5 Å². The van der Waals surface area contributed by atoms with Crippen LogP contribution in [0.25, 0.3) is 0 Å². The van der Waals surface area contributed by atoms with E-state index in [-0.39, 0.29) is 5.69 Å². The van der Waals surface area contributed by atoms with Crippen molar-refractivity contribution in [3.63, 3.8) is 0 Å². The molecule has 0 unspecified atom stereocenters. The van der Waals surface area contributed by atoms with E-state index >= 15 is 0 Å². The Labute approximate surface area is 125 Å². The van der Waals surface area contributed by atoms with Crippen LogP contribution in [0.3, 0.4) is 0 Å². The predicted molar refractivity (Wildman–Crippen MR) is 73.3 cm³/mol. The van der Waals surface area contributed by atoms with Crippen LogP contribution in [0.1, 0.15) is 5.69 Å². The largest absolute Gasteiger partial charge is 0.433 e. The zero-order valence-electron chi connectivity index (χ0n) is 10.2. The van der Waals surface area contributed by atoms with Gasteiger partial charge in [0.2, 0.25) is 0 Å². The third-order valence-electron chi connectivity index (χ3n) is 2.50. The van der Waals surface area contributed by atoms with E-state index in [9.17, 15) is 23.3 Å². The Kier molecular flexibility index (Phi) is 4.12. The second-order valence-electron chi connectivity index (χ2n) is 3.98. The number of aromatic nitrogens is 1. The number of anilines is 2. The van der Waals surface area contributed by atoms with Gasteiger partial charge in [-0.1, -0.05) is 0 Å². The van der Waals surface area contributed by atoms with E-state index in [2.05, 4.69) is 26.2 Å². The van der Waals surface area contributed by atoms with E-state index in [1.165, 1.54) is 24.3 Å². The lowest BCUT2D eigenvalue weighted by atomic mass is 10.2. The van der Waals surface area contributed by atoms with Crippen molar-refractivity contribution in [1.82, 2.24) is 4.98 Å². The Morgan fingerprint density at radius 2 is 1.95 bits per heavy atom. The number of nitro groups is 1. The summed E-state index contributed by atoms with van der Waals surface area (Å²) in [7, 11) is 0. The number of non-ortho nitro benzene ring substituents is 1. The molecular weight excluding hydrogens is 355 g/mol. The molecule has 0 saturated heterocycles. The number of rotatable bonds is 3. The molecule has 0 spiro atoms. The number of benzene rings is 1. The molecule has 9 heteroatoms. The number of pyridine rings is 1. The Hall–Kier alpha value is -2.16. The van der Waals surface area contributed by atoms with Crippen molar-refractivity contribution in [3.05, 3.63) is 56.8 Å². The number of nitrogens with one attached hydrogen (secondary N) is 1. The summed E-state index contributed by atoms with van der Waals surface area (Å²) in [4.78, 5) is 13.4. The third kappa shape index (κ3) is 3.69. The monoisotopic (exact) mass is 361 g/mol. The summed E-state index contributed by atoms with van der Waals surface area (Å²) in [6.07, 6.45) is -3.46. The molecule has 1 aromatic heterocycles. The smallest absolute Gasteiger partial charge is 0.353 e. The standard InChI is InChI=1S/C12H7BrF3N3O2/c13-9-5-8(19(20)21)2-3-10(9)18-7-1-4-11(17-6-7)12(14,15)16/h1-6,18H. The van der Waals surface area contributed by atoms with E-state index in [0.29, 0.717) is 15.8 Å². The van der Waals surface area contributed by atoms with Crippen LogP contribution in [0, 0.1) is 10.1 Å². The summed E-state index contributed by atoms with van der Waals surface area (Å²) in [6, 6.07) is 6.09. The van der Waals surface area contributed by atoms with Crippen LogP contribution in [-0.4, -0.2) is 9.91 Å². The number of nitrogens with zero attached hydrogens (tertiary/aromatic N) is 2. The molecule has 21 heavy (non-hydrogen) atoms. The molecule has 1 heterocycles. The van der Waals surface area contributed by atoms with Gasteiger partial charge in [-0.25, -0.2) is 4.98 Å². The minimum absolute atomic E-state index is 0.0991. The highest BCUT2D eigenvalue weighted by atomic mass is 79.9. The maximum Gasteiger partial charge on any atom is 0.433 e. The van der Waals surface area contributed by atoms with Crippen molar-refractivity contribution >= 4 is 33.0 Å². The normalized spacial score (nSPS) is 11.2. The van der Waals surface area contributed by atoms with Gasteiger partial charge in [0, 0.05) is 16.6 Å². The summed E-state index contributed by atoms with van der Waals surface area (Å²) < 4.78 is 37.5. The van der Waals surface area contributed by atoms with Crippen molar-refractivity contribution in [2.75, 3.05) is 5.32 Å². The Bertz CT molecular complexity index is 674. The highest BCUT2D eigenvalue weighted by Crippen LogP contribution is 2.31. The molecule has 0 aliphatic heterocycles. The van der Waals surface area contributed by atoms with Gasteiger partial charge in [-0.3, -0.25) is 10.1 Å². The fourth-order valence-electron chi connectivity index (χ4n) is 1.51. The fraction of sp³-hybridized carbons (Fsp3) is 0.0833. The molecule has 5 nitrogen and oxygen atoms in total. The average Bonchev–Trinajstić information content (AvgIpc) is 2.40. The van der Waals surface area contributed by atoms with Gasteiger partial charge in [-0.05, 0) is 34.1 Å². The first-order valence-electron chi connectivity index (χ1n) is 5.51. The lowest BCUT2D eigenvalue weighted by Crippen LogP contribution is -2.07. The van der Waals surface area contributed by atoms with Crippen LogP contribution in [0.5, 0.6) is 0 Å². The fourth-order valence-corrected chi connectivity index (χ4v) is 1.98. The van der Waals surface area contributed by atoms with Crippen molar-refractivity contribution < 1.29 is 18.1 Å². The second-order valence-corrected chi connectivity index (χ2v) is 4.83. The van der Waals surface area contributed by atoms with Crippen LogP contribution in [0.15, 0.2) is 41.0 Å². The molecule has 0 bridgehead atoms. The van der Waals surface area contributed by atoms with Crippen molar-refractivity contribution in [2.24, 2.45) is 0 Å². The molecule has 2 aromatic rings. The summed E-state index contributed by atoms with van der Waals surface area (Å²) in [5.74, 6) is 0. The lowest BCUT2D eigenvalue weighted by molar-refractivity contribution is -0.384. The van der Waals surface area contributed by atoms with E-state index < -0.39 is 16.8 Å². The molecule has 0 radical (unpaired) electrons. The number of halogens is 4. The van der Waals surface area contributed by atoms with Crippen LogP contribution in [0.2, 0.25) is 0 Å². The van der Waals surface area contributed by atoms with Crippen molar-refractivity contribution in [1.29, 1.82) is 0 Å². The van der Waals surface area contributed by atoms with Gasteiger partial charge < -0.3 is 5.32 Å². The maximum atomic E-state index is 12.4. The topological polar surface area (TPSA) is 68.1 Å². The predicted octanol–water partition coefficient (Wildman–Crippen LogP) is 4.51. The van der Waals surface area contributed by atoms with Crippen molar-refractivity contribution in [3.8, 4) is 0 Å². The Morgan fingerprint density at radius 1 is 1.24 bits per heavy atom. The summed E-state index contributed by atoms with van der Waals surface area (Å²) in [6.45, 7) is 0. The molecule has 0 fully saturated rings. The van der Waals surface area contributed by atoms with Gasteiger partial charge in [0.1, 0.15) is 5.69 Å². The zero-order valence-corrected chi connectivity index (χ0v) is 11.8. The lowest BCUT2D eigenvalue weighted by Gasteiger charge is -2.10. The molecule has 2 rings (SSSR count). The number of hydrogen-bond acceptors (Lipinski definition) is 4. The molecule has 1 N–H and O–H groups in total. The molecular formula is C12H7BrF3N3O2. The molecule has 0 aliphatic rings. The Morgan fingerprint density at radius 3 is 2.43 bits per heavy atom. The summed E-state index contributed by atoms with van der Waals surface area (Å²) in [5.41, 5.74) is -0.284. The summed E-state index contributed by atoms with van der Waals surface area (Å²) in [5, 5.41) is 13.4. The van der Waals surface area contributed by atoms with Crippen LogP contribution >= 0.6 is 15.9 Å². The van der Waals surface area contributed by atoms with Crippen LogP contribution in [0.4, 0.5) is 30.2 Å². The molecule has 110 valence electrons. The minimum Gasteiger partial charge on any atom is -0.353 e. The molecule has 0 aliphatic carbocycles. The molecule has 0 saturated carbocycles. The first kappa shape index (κ1) is 15.2. The van der Waals surface area contributed by atoms with Gasteiger partial charge in [-0.2, -0.15) is 13.2 Å². The van der Waals surface area contributed by atoms with Gasteiger partial charge in [0.15, 0.2) is 0 Å². The van der Waals surface area contributed by atoms with E-state index in [4.69, 9.17) is 0 Å². The average molecular weight is 362 g/mol. The first-order chi connectivity index (χ1) is 9.77. The van der Waals surface area contributed by atoms with Crippen LogP contribution < -0.4 is 5.32 Å². The van der Waals surface area contributed by atoms with Gasteiger partial charge in [-0.15, -0.1) is 0 Å². The second kappa shape index (κ2) is 5.68. The SMILES string of the molecule is O=[N+]([O-])c1ccc(Nc2ccc(C(F)(F)F)nc2)c(Br)c1. The summed E-state index contributed by atoms with van der Waals surface area (Å²) >= 11 is 3.15.